The van der Waals surface area contributed by atoms with Crippen molar-refractivity contribution in [1.82, 2.24) is 14.8 Å². The van der Waals surface area contributed by atoms with E-state index in [9.17, 15) is 4.79 Å². The summed E-state index contributed by atoms with van der Waals surface area (Å²) in [5, 5.41) is 2.79. The van der Waals surface area contributed by atoms with Crippen LogP contribution in [0.1, 0.15) is 21.9 Å². The molecule has 0 radical (unpaired) electrons. The van der Waals surface area contributed by atoms with E-state index in [2.05, 4.69) is 10.2 Å². The summed E-state index contributed by atoms with van der Waals surface area (Å²) in [6, 6.07) is 3.58. The second-order valence-corrected chi connectivity index (χ2v) is 6.80. The Hall–Kier alpha value is -1.64. The van der Waals surface area contributed by atoms with Crippen molar-refractivity contribution in [2.75, 3.05) is 26.4 Å². The molecule has 3 N–H and O–H groups in total. The van der Waals surface area contributed by atoms with Gasteiger partial charge in [0.25, 0.3) is 5.91 Å². The van der Waals surface area contributed by atoms with E-state index >= 15 is 0 Å². The van der Waals surface area contributed by atoms with Crippen LogP contribution in [0.5, 0.6) is 0 Å². The van der Waals surface area contributed by atoms with Crippen LogP contribution in [0.4, 0.5) is 5.82 Å². The second-order valence-electron chi connectivity index (χ2n) is 5.15. The van der Waals surface area contributed by atoms with E-state index in [-0.39, 0.29) is 5.91 Å². The van der Waals surface area contributed by atoms with Crippen molar-refractivity contribution in [2.45, 2.75) is 19.5 Å². The highest BCUT2D eigenvalue weighted by Gasteiger charge is 2.17. The summed E-state index contributed by atoms with van der Waals surface area (Å²) >= 11 is 6.55. The van der Waals surface area contributed by atoms with Gasteiger partial charge in [0, 0.05) is 6.54 Å². The fourth-order valence-electron chi connectivity index (χ4n) is 2.00. The summed E-state index contributed by atoms with van der Waals surface area (Å²) in [6.45, 7) is 1.98. The van der Waals surface area contributed by atoms with Gasteiger partial charge in [-0.05, 0) is 51.4 Å². The zero-order valence-electron chi connectivity index (χ0n) is 12.7. The Bertz CT molecular complexity index is 674. The molecule has 0 spiro atoms. The number of nitrogens with two attached hydrogens (primary N) is 1. The summed E-state index contributed by atoms with van der Waals surface area (Å²) in [4.78, 5) is 14.8. The summed E-state index contributed by atoms with van der Waals surface area (Å²) in [5.41, 5.74) is 6.08. The molecule has 2 rings (SSSR count). The largest absolute Gasteiger partial charge is 0.467 e. The van der Waals surface area contributed by atoms with Crippen LogP contribution in [-0.2, 0) is 13.1 Å². The van der Waals surface area contributed by atoms with Gasteiger partial charge in [-0.1, -0.05) is 11.3 Å². The maximum Gasteiger partial charge on any atom is 0.265 e. The predicted octanol–water partition coefficient (Wildman–Crippen LogP) is 2.34. The number of nitrogens with zero attached hydrogens (tertiary/aromatic N) is 2. The van der Waals surface area contributed by atoms with Gasteiger partial charge < -0.3 is 24.9 Å². The van der Waals surface area contributed by atoms with Crippen LogP contribution in [0.25, 0.3) is 0 Å². The number of hydrogen-bond donors (Lipinski definition) is 2. The smallest absolute Gasteiger partial charge is 0.265 e. The zero-order chi connectivity index (χ0) is 16.1. The lowest BCUT2D eigenvalue weighted by Crippen LogP contribution is -2.23. The van der Waals surface area contributed by atoms with Crippen molar-refractivity contribution in [2.24, 2.45) is 0 Å². The van der Waals surface area contributed by atoms with E-state index in [1.54, 1.807) is 18.4 Å². The third kappa shape index (κ3) is 4.19. The van der Waals surface area contributed by atoms with Gasteiger partial charge in [-0.25, -0.2) is 0 Å². The Morgan fingerprint density at radius 3 is 2.95 bits per heavy atom. The van der Waals surface area contributed by atoms with Crippen molar-refractivity contribution in [1.29, 1.82) is 0 Å². The fraction of sp³-hybridized carbons (Fsp3) is 0.429. The first-order chi connectivity index (χ1) is 10.5. The number of rotatable bonds is 7. The minimum Gasteiger partial charge on any atom is -0.467 e. The number of aromatic nitrogens is 1. The van der Waals surface area contributed by atoms with Gasteiger partial charge in [0.2, 0.25) is 0 Å². The zero-order valence-corrected chi connectivity index (χ0v) is 14.3. The van der Waals surface area contributed by atoms with Crippen molar-refractivity contribution in [3.8, 4) is 0 Å². The minimum atomic E-state index is -0.226. The Morgan fingerprint density at radius 2 is 2.32 bits per heavy atom. The number of nitrogen functional groups attached to an aromatic ring is 1. The lowest BCUT2D eigenvalue weighted by molar-refractivity contribution is 0.0952. The number of hydrogen-bond acceptors (Lipinski definition) is 6. The molecular formula is C14H20N4O2S2. The van der Waals surface area contributed by atoms with Crippen LogP contribution in [-0.4, -0.2) is 36.0 Å². The topological polar surface area (TPSA) is 76.4 Å². The third-order valence-corrected chi connectivity index (χ3v) is 4.59. The molecule has 0 bridgehead atoms. The van der Waals surface area contributed by atoms with Crippen molar-refractivity contribution < 1.29 is 9.21 Å². The molecule has 0 aliphatic heterocycles. The first kappa shape index (κ1) is 16.7. The third-order valence-electron chi connectivity index (χ3n) is 3.13. The van der Waals surface area contributed by atoms with E-state index in [1.165, 1.54) is 11.3 Å². The standard InChI is InChI=1S/C14H20N4O2S2/c1-17(2)6-4-7-18-12(15)11(22-14(18)21)13(19)16-9-10-5-3-8-20-10/h3,5,8H,4,6-7,9,15H2,1-2H3,(H,16,19). The Labute approximate surface area is 138 Å². The Kier molecular flexibility index (Phi) is 5.76. The number of anilines is 1. The summed E-state index contributed by atoms with van der Waals surface area (Å²) in [5.74, 6) is 0.906. The van der Waals surface area contributed by atoms with E-state index in [4.69, 9.17) is 22.4 Å². The summed E-state index contributed by atoms with van der Waals surface area (Å²) in [7, 11) is 4.04. The van der Waals surface area contributed by atoms with E-state index < -0.39 is 0 Å². The van der Waals surface area contributed by atoms with Crippen molar-refractivity contribution >= 4 is 35.3 Å². The molecule has 8 heteroatoms. The first-order valence-corrected chi connectivity index (χ1v) is 8.16. The summed E-state index contributed by atoms with van der Waals surface area (Å²) in [6.07, 6.45) is 2.50. The molecule has 0 aliphatic rings. The first-order valence-electron chi connectivity index (χ1n) is 6.93. The van der Waals surface area contributed by atoms with Gasteiger partial charge in [-0.15, -0.1) is 0 Å². The van der Waals surface area contributed by atoms with E-state index in [1.807, 2.05) is 18.7 Å². The van der Waals surface area contributed by atoms with Crippen LogP contribution >= 0.6 is 23.6 Å². The number of thiazole rings is 1. The maximum atomic E-state index is 12.2. The van der Waals surface area contributed by atoms with Crippen molar-refractivity contribution in [3.63, 3.8) is 0 Å². The molecular weight excluding hydrogens is 320 g/mol. The maximum absolute atomic E-state index is 12.2. The molecule has 6 nitrogen and oxygen atoms in total. The second kappa shape index (κ2) is 7.57. The average molecular weight is 340 g/mol. The molecule has 0 atom stereocenters. The predicted molar refractivity (Wildman–Crippen MR) is 90.6 cm³/mol. The van der Waals surface area contributed by atoms with Gasteiger partial charge in [-0.3, -0.25) is 4.79 Å². The molecule has 2 heterocycles. The Balaban J connectivity index is 2.01. The highest BCUT2D eigenvalue weighted by Crippen LogP contribution is 2.22. The number of carbonyl (C=O) groups excluding carboxylic acids is 1. The molecule has 120 valence electrons. The normalized spacial score (nSPS) is 11.0. The monoisotopic (exact) mass is 340 g/mol. The number of amides is 1. The molecule has 2 aromatic heterocycles. The van der Waals surface area contributed by atoms with Crippen LogP contribution in [0, 0.1) is 3.95 Å². The number of carbonyl (C=O) groups is 1. The van der Waals surface area contributed by atoms with Crippen LogP contribution < -0.4 is 11.1 Å². The lowest BCUT2D eigenvalue weighted by atomic mass is 10.3. The summed E-state index contributed by atoms with van der Waals surface area (Å²) < 4.78 is 7.63. The van der Waals surface area contributed by atoms with E-state index in [0.717, 1.165) is 13.0 Å². The van der Waals surface area contributed by atoms with Crippen LogP contribution in [0.15, 0.2) is 22.8 Å². The van der Waals surface area contributed by atoms with Crippen LogP contribution in [0.3, 0.4) is 0 Å². The van der Waals surface area contributed by atoms with Crippen LogP contribution in [0.2, 0.25) is 0 Å². The molecule has 1 amide bonds. The van der Waals surface area contributed by atoms with Gasteiger partial charge in [0.1, 0.15) is 16.5 Å². The number of furan rings is 1. The molecule has 0 aliphatic carbocycles. The molecule has 0 unspecified atom stereocenters. The molecule has 22 heavy (non-hydrogen) atoms. The number of nitrogens with one attached hydrogen (secondary N) is 1. The molecule has 0 aromatic carbocycles. The highest BCUT2D eigenvalue weighted by molar-refractivity contribution is 7.73. The Morgan fingerprint density at radius 1 is 1.55 bits per heavy atom. The molecule has 0 saturated heterocycles. The highest BCUT2D eigenvalue weighted by atomic mass is 32.1. The molecule has 2 aromatic rings. The fourth-order valence-corrected chi connectivity index (χ4v) is 3.29. The SMILES string of the molecule is CN(C)CCCn1c(N)c(C(=O)NCc2ccco2)sc1=S. The lowest BCUT2D eigenvalue weighted by Gasteiger charge is -2.10. The quantitative estimate of drug-likeness (QED) is 0.757. The van der Waals surface area contributed by atoms with Gasteiger partial charge in [0.05, 0.1) is 12.8 Å². The molecule has 0 fully saturated rings. The van der Waals surface area contributed by atoms with Gasteiger partial charge in [-0.2, -0.15) is 0 Å². The van der Waals surface area contributed by atoms with Gasteiger partial charge in [0.15, 0.2) is 3.95 Å². The average Bonchev–Trinajstić information content (AvgIpc) is 3.07. The minimum absolute atomic E-state index is 0.226. The van der Waals surface area contributed by atoms with Crippen molar-refractivity contribution in [3.05, 3.63) is 33.0 Å². The molecule has 0 saturated carbocycles. The van der Waals surface area contributed by atoms with Gasteiger partial charge >= 0.3 is 0 Å². The van der Waals surface area contributed by atoms with E-state index in [0.29, 0.717) is 33.5 Å².